The highest BCUT2D eigenvalue weighted by Crippen LogP contribution is 2.50. The van der Waals surface area contributed by atoms with Gasteiger partial charge in [0.15, 0.2) is 0 Å². The van der Waals surface area contributed by atoms with Gasteiger partial charge in [0.25, 0.3) is 0 Å². The zero-order valence-electron chi connectivity index (χ0n) is 24.9. The topological polar surface area (TPSA) is 50.8 Å². The number of ether oxygens (including phenoxy) is 2. The summed E-state index contributed by atoms with van der Waals surface area (Å²) >= 11 is 1.66. The number of hydrogen-bond acceptors (Lipinski definition) is 5. The molecule has 39 heavy (non-hydrogen) atoms. The van der Waals surface area contributed by atoms with Crippen LogP contribution in [0.3, 0.4) is 0 Å². The van der Waals surface area contributed by atoms with Crippen molar-refractivity contribution in [3.05, 3.63) is 36.4 Å². The van der Waals surface area contributed by atoms with Crippen molar-refractivity contribution in [2.75, 3.05) is 23.9 Å². The first kappa shape index (κ1) is 31.2. The van der Waals surface area contributed by atoms with E-state index in [2.05, 4.69) is 24.4 Å². The summed E-state index contributed by atoms with van der Waals surface area (Å²) in [6, 6.07) is 12.0. The summed E-state index contributed by atoms with van der Waals surface area (Å²) in [4.78, 5) is 16.9. The van der Waals surface area contributed by atoms with E-state index in [4.69, 9.17) is 9.47 Å². The van der Waals surface area contributed by atoms with Crippen molar-refractivity contribution in [3.63, 3.8) is 0 Å². The fraction of sp³-hybridized carbons (Fsp3) is 0.606. The van der Waals surface area contributed by atoms with Crippen LogP contribution in [0.4, 0.5) is 21.9 Å². The minimum atomic E-state index is -0.580. The second kappa shape index (κ2) is 16.1. The Morgan fingerprint density at radius 2 is 1.36 bits per heavy atom. The molecule has 1 amide bonds. The first-order valence-corrected chi connectivity index (χ1v) is 15.9. The molecule has 0 fully saturated rings. The summed E-state index contributed by atoms with van der Waals surface area (Å²) in [5, 5.41) is 3.59. The lowest BCUT2D eigenvalue weighted by molar-refractivity contribution is 0.0597. The largest absolute Gasteiger partial charge is 0.497 e. The SMILES string of the molecule is CCCCCCCCCCCCCCCNc1ccc2c(c1)Sc1cc(OC)ccc1N2C(=O)OC(C)(C)C.[HH]. The number of rotatable bonds is 16. The van der Waals surface area contributed by atoms with Gasteiger partial charge in [0.1, 0.15) is 11.4 Å². The number of unbranched alkanes of at least 4 members (excludes halogenated alkanes) is 12. The zero-order chi connectivity index (χ0) is 28.1. The monoisotopic (exact) mass is 556 g/mol. The summed E-state index contributed by atoms with van der Waals surface area (Å²) in [7, 11) is 1.66. The predicted octanol–water partition coefficient (Wildman–Crippen LogP) is 11.0. The molecule has 2 aromatic carbocycles. The summed E-state index contributed by atoms with van der Waals surface area (Å²) in [6.07, 6.45) is 17.4. The smallest absolute Gasteiger partial charge is 0.419 e. The summed E-state index contributed by atoms with van der Waals surface area (Å²) in [5.74, 6) is 0.769. The van der Waals surface area contributed by atoms with Crippen LogP contribution in [-0.4, -0.2) is 25.3 Å². The Morgan fingerprint density at radius 3 is 1.92 bits per heavy atom. The molecule has 0 unspecified atom stereocenters. The molecule has 0 bridgehead atoms. The second-order valence-electron chi connectivity index (χ2n) is 11.6. The molecule has 0 saturated heterocycles. The molecular weight excluding hydrogens is 504 g/mol. The molecule has 0 radical (unpaired) electrons. The molecule has 1 aliphatic heterocycles. The van der Waals surface area contributed by atoms with Gasteiger partial charge in [0, 0.05) is 23.4 Å². The van der Waals surface area contributed by atoms with Crippen LogP contribution in [0, 0.1) is 0 Å². The van der Waals surface area contributed by atoms with Crippen LogP contribution in [0.1, 0.15) is 113 Å². The van der Waals surface area contributed by atoms with Gasteiger partial charge < -0.3 is 14.8 Å². The molecule has 6 heteroatoms. The van der Waals surface area contributed by atoms with Crippen LogP contribution in [0.15, 0.2) is 46.2 Å². The van der Waals surface area contributed by atoms with Crippen LogP contribution in [0.25, 0.3) is 0 Å². The number of anilines is 3. The number of benzene rings is 2. The lowest BCUT2D eigenvalue weighted by Crippen LogP contribution is -2.35. The third-order valence-corrected chi connectivity index (χ3v) is 8.11. The van der Waals surface area contributed by atoms with Gasteiger partial charge in [0.05, 0.1) is 18.5 Å². The molecule has 0 spiro atoms. The average molecular weight is 557 g/mol. The second-order valence-corrected chi connectivity index (χ2v) is 12.7. The quantitative estimate of drug-likeness (QED) is 0.208. The van der Waals surface area contributed by atoms with E-state index in [9.17, 15) is 4.79 Å². The molecule has 1 aliphatic rings. The average Bonchev–Trinajstić information content (AvgIpc) is 2.90. The van der Waals surface area contributed by atoms with Gasteiger partial charge in [-0.1, -0.05) is 95.7 Å². The highest BCUT2D eigenvalue weighted by molar-refractivity contribution is 7.99. The fourth-order valence-corrected chi connectivity index (χ4v) is 6.03. The van der Waals surface area contributed by atoms with Gasteiger partial charge in [-0.3, -0.25) is 0 Å². The maximum atomic E-state index is 13.2. The summed E-state index contributed by atoms with van der Waals surface area (Å²) in [5.41, 5.74) is 2.16. The van der Waals surface area contributed by atoms with Gasteiger partial charge in [-0.05, 0) is 63.6 Å². The van der Waals surface area contributed by atoms with Crippen LogP contribution < -0.4 is 15.0 Å². The van der Waals surface area contributed by atoms with Crippen molar-refractivity contribution in [1.29, 1.82) is 0 Å². The van der Waals surface area contributed by atoms with E-state index in [0.717, 1.165) is 39.1 Å². The van der Waals surface area contributed by atoms with Crippen LogP contribution >= 0.6 is 11.8 Å². The molecule has 3 rings (SSSR count). The first-order valence-electron chi connectivity index (χ1n) is 15.1. The number of hydrogen-bond donors (Lipinski definition) is 1. The number of nitrogens with zero attached hydrogens (tertiary/aromatic N) is 1. The Labute approximate surface area is 242 Å². The molecule has 5 nitrogen and oxygen atoms in total. The normalized spacial score (nSPS) is 12.6. The maximum Gasteiger partial charge on any atom is 0.419 e. The minimum absolute atomic E-state index is 0. The van der Waals surface area contributed by atoms with Gasteiger partial charge in [0.2, 0.25) is 0 Å². The van der Waals surface area contributed by atoms with E-state index in [1.54, 1.807) is 23.8 Å². The van der Waals surface area contributed by atoms with Crippen molar-refractivity contribution in [2.45, 2.75) is 127 Å². The number of fused-ring (bicyclic) bond motifs is 2. The number of amides is 1. The number of carbonyl (C=O) groups is 1. The predicted molar refractivity (Wildman–Crippen MR) is 168 cm³/mol. The number of nitrogens with one attached hydrogen (secondary N) is 1. The molecule has 0 aromatic heterocycles. The Morgan fingerprint density at radius 1 is 0.821 bits per heavy atom. The van der Waals surface area contributed by atoms with Gasteiger partial charge in [-0.15, -0.1) is 0 Å². The van der Waals surface area contributed by atoms with E-state index < -0.39 is 5.60 Å². The van der Waals surface area contributed by atoms with Crippen molar-refractivity contribution >= 4 is 34.9 Å². The number of carbonyl (C=O) groups excluding carboxylic acids is 1. The Kier molecular flexibility index (Phi) is 12.8. The number of methoxy groups -OCH3 is 1. The third kappa shape index (κ3) is 10.3. The van der Waals surface area contributed by atoms with Crippen molar-refractivity contribution < 1.29 is 15.7 Å². The molecular formula is C33H52N2O3S. The zero-order valence-corrected chi connectivity index (χ0v) is 25.8. The van der Waals surface area contributed by atoms with Crippen molar-refractivity contribution in [3.8, 4) is 5.75 Å². The summed E-state index contributed by atoms with van der Waals surface area (Å²) < 4.78 is 11.2. The fourth-order valence-electron chi connectivity index (χ4n) is 4.91. The Hall–Kier alpha value is -2.34. The molecule has 0 atom stereocenters. The molecule has 1 heterocycles. The van der Waals surface area contributed by atoms with Crippen LogP contribution in [0.2, 0.25) is 0 Å². The molecule has 0 aliphatic carbocycles. The summed E-state index contributed by atoms with van der Waals surface area (Å²) in [6.45, 7) is 8.92. The Bertz CT molecular complexity index is 1040. The third-order valence-electron chi connectivity index (χ3n) is 7.01. The van der Waals surface area contributed by atoms with Gasteiger partial charge in [-0.2, -0.15) is 0 Å². The molecule has 218 valence electrons. The highest BCUT2D eigenvalue weighted by Gasteiger charge is 2.32. The van der Waals surface area contributed by atoms with E-state index >= 15 is 0 Å². The lowest BCUT2D eigenvalue weighted by atomic mass is 10.0. The van der Waals surface area contributed by atoms with Crippen molar-refractivity contribution in [2.24, 2.45) is 0 Å². The highest BCUT2D eigenvalue weighted by atomic mass is 32.2. The van der Waals surface area contributed by atoms with E-state index in [1.165, 1.54) is 83.5 Å². The minimum Gasteiger partial charge on any atom is -0.497 e. The molecule has 0 saturated carbocycles. The van der Waals surface area contributed by atoms with Crippen LogP contribution in [0.5, 0.6) is 5.75 Å². The van der Waals surface area contributed by atoms with Gasteiger partial charge in [-0.25, -0.2) is 9.69 Å². The lowest BCUT2D eigenvalue weighted by Gasteiger charge is -2.33. The maximum absolute atomic E-state index is 13.2. The van der Waals surface area contributed by atoms with Gasteiger partial charge >= 0.3 is 6.09 Å². The Balaban J connectivity index is 0.00000560. The van der Waals surface area contributed by atoms with Crippen LogP contribution in [-0.2, 0) is 4.74 Å². The van der Waals surface area contributed by atoms with E-state index in [1.807, 2.05) is 45.0 Å². The molecule has 1 N–H and O–H groups in total. The van der Waals surface area contributed by atoms with E-state index in [0.29, 0.717) is 0 Å². The first-order chi connectivity index (χ1) is 18.8. The van der Waals surface area contributed by atoms with Crippen molar-refractivity contribution in [1.82, 2.24) is 0 Å². The standard InChI is InChI=1S/C33H50N2O3S.H2/c1-6-7-8-9-10-11-12-13-14-15-16-17-18-23-34-26-19-21-28-30(24-26)39-31-25-27(37-5)20-22-29(31)35(28)32(36)38-33(2,3)4;/h19-22,24-25,34H,6-18,23H2,1-5H3;1H. The molecule has 2 aromatic rings. The van der Waals surface area contributed by atoms with E-state index in [-0.39, 0.29) is 7.52 Å².